The maximum atomic E-state index is 13.1. The van der Waals surface area contributed by atoms with Crippen LogP contribution in [0.5, 0.6) is 0 Å². The Kier molecular flexibility index (Phi) is 8.26. The molecule has 0 spiro atoms. The Morgan fingerprint density at radius 3 is 2.40 bits per heavy atom. The molecule has 1 aliphatic rings. The molecule has 0 aliphatic heterocycles. The molecular formula is C20H28ClNO3. The van der Waals surface area contributed by atoms with E-state index in [1.807, 2.05) is 17.0 Å². The van der Waals surface area contributed by atoms with Crippen LogP contribution in [0.2, 0.25) is 5.02 Å². The number of esters is 1. The summed E-state index contributed by atoms with van der Waals surface area (Å²) in [7, 11) is 0. The maximum Gasteiger partial charge on any atom is 0.307 e. The lowest BCUT2D eigenvalue weighted by Crippen LogP contribution is -2.42. The molecule has 4 nitrogen and oxygen atoms in total. The summed E-state index contributed by atoms with van der Waals surface area (Å²) >= 11 is 6.23. The number of hydrogen-bond donors (Lipinski definition) is 0. The lowest BCUT2D eigenvalue weighted by atomic mass is 9.95. The van der Waals surface area contributed by atoms with Gasteiger partial charge in [0.05, 0.1) is 23.6 Å². The van der Waals surface area contributed by atoms with E-state index in [9.17, 15) is 9.59 Å². The summed E-state index contributed by atoms with van der Waals surface area (Å²) in [4.78, 5) is 26.8. The number of nitrogens with zero attached hydrogens (tertiary/aromatic N) is 1. The predicted octanol–water partition coefficient (Wildman–Crippen LogP) is 4.85. The smallest absolute Gasteiger partial charge is 0.307 e. The van der Waals surface area contributed by atoms with Gasteiger partial charge in [0, 0.05) is 12.6 Å². The summed E-state index contributed by atoms with van der Waals surface area (Å²) in [6, 6.07) is 7.29. The molecule has 0 unspecified atom stereocenters. The van der Waals surface area contributed by atoms with Crippen LogP contribution in [0, 0.1) is 0 Å². The van der Waals surface area contributed by atoms with Gasteiger partial charge in [-0.25, -0.2) is 0 Å². The number of halogens is 1. The highest BCUT2D eigenvalue weighted by molar-refractivity contribution is 6.33. The molecule has 1 amide bonds. The summed E-state index contributed by atoms with van der Waals surface area (Å²) in [5.41, 5.74) is 0.509. The van der Waals surface area contributed by atoms with Crippen LogP contribution < -0.4 is 0 Å². The van der Waals surface area contributed by atoms with Crippen molar-refractivity contribution in [3.8, 4) is 0 Å². The molecular weight excluding hydrogens is 338 g/mol. The van der Waals surface area contributed by atoms with Crippen molar-refractivity contribution in [3.05, 3.63) is 34.9 Å². The molecule has 0 saturated heterocycles. The minimum atomic E-state index is -0.259. The van der Waals surface area contributed by atoms with Crippen molar-refractivity contribution in [1.29, 1.82) is 0 Å². The van der Waals surface area contributed by atoms with Crippen LogP contribution in [0.1, 0.15) is 68.6 Å². The Bertz CT molecular complexity index is 568. The average Bonchev–Trinajstić information content (AvgIpc) is 2.56. The molecule has 0 N–H and O–H groups in total. The molecule has 2 rings (SSSR count). The first kappa shape index (κ1) is 19.8. The first-order valence-corrected chi connectivity index (χ1v) is 9.72. The molecule has 1 saturated carbocycles. The van der Waals surface area contributed by atoms with E-state index in [1.165, 1.54) is 19.3 Å². The monoisotopic (exact) mass is 365 g/mol. The van der Waals surface area contributed by atoms with Crippen LogP contribution in [0.3, 0.4) is 0 Å². The predicted molar refractivity (Wildman–Crippen MR) is 99.8 cm³/mol. The van der Waals surface area contributed by atoms with Gasteiger partial charge in [-0.05, 0) is 31.9 Å². The Hall–Kier alpha value is -1.55. The zero-order valence-corrected chi connectivity index (χ0v) is 15.8. The summed E-state index contributed by atoms with van der Waals surface area (Å²) in [5.74, 6) is -0.342. The van der Waals surface area contributed by atoms with E-state index in [0.717, 1.165) is 25.7 Å². The first-order valence-electron chi connectivity index (χ1n) is 9.34. The van der Waals surface area contributed by atoms with Gasteiger partial charge < -0.3 is 9.64 Å². The van der Waals surface area contributed by atoms with Crippen LogP contribution >= 0.6 is 11.6 Å². The summed E-state index contributed by atoms with van der Waals surface area (Å²) < 4.78 is 5.03. The van der Waals surface area contributed by atoms with E-state index in [1.54, 1.807) is 19.1 Å². The molecule has 0 atom stereocenters. The quantitative estimate of drug-likeness (QED) is 0.677. The SMILES string of the molecule is CCOC(=O)CCN(C(=O)c1ccccc1Cl)C1CCCCCCC1. The average molecular weight is 366 g/mol. The van der Waals surface area contributed by atoms with Crippen LogP contribution in [0.15, 0.2) is 24.3 Å². The van der Waals surface area contributed by atoms with E-state index in [4.69, 9.17) is 16.3 Å². The van der Waals surface area contributed by atoms with E-state index >= 15 is 0 Å². The van der Waals surface area contributed by atoms with Gasteiger partial charge in [0.1, 0.15) is 0 Å². The van der Waals surface area contributed by atoms with Gasteiger partial charge in [0.2, 0.25) is 0 Å². The summed E-state index contributed by atoms with van der Waals surface area (Å²) in [5, 5.41) is 0.458. The Morgan fingerprint density at radius 2 is 1.76 bits per heavy atom. The van der Waals surface area contributed by atoms with Gasteiger partial charge >= 0.3 is 5.97 Å². The van der Waals surface area contributed by atoms with Crippen molar-refractivity contribution < 1.29 is 14.3 Å². The first-order chi connectivity index (χ1) is 12.1. The Balaban J connectivity index is 2.16. The molecule has 1 aromatic rings. The fourth-order valence-corrected chi connectivity index (χ4v) is 3.65. The van der Waals surface area contributed by atoms with Crippen molar-refractivity contribution in [2.45, 2.75) is 64.3 Å². The molecule has 0 radical (unpaired) electrons. The lowest BCUT2D eigenvalue weighted by Gasteiger charge is -2.33. The van der Waals surface area contributed by atoms with Gasteiger partial charge in [-0.3, -0.25) is 9.59 Å². The normalized spacial score (nSPS) is 15.9. The number of carbonyl (C=O) groups excluding carboxylic acids is 2. The van der Waals surface area contributed by atoms with Gasteiger partial charge in [-0.2, -0.15) is 0 Å². The number of benzene rings is 1. The van der Waals surface area contributed by atoms with Crippen molar-refractivity contribution in [2.24, 2.45) is 0 Å². The molecule has 1 fully saturated rings. The second-order valence-electron chi connectivity index (χ2n) is 6.53. The maximum absolute atomic E-state index is 13.1. The van der Waals surface area contributed by atoms with E-state index < -0.39 is 0 Å². The Morgan fingerprint density at radius 1 is 1.12 bits per heavy atom. The Labute approximate surface area is 155 Å². The van der Waals surface area contributed by atoms with Gasteiger partial charge in [-0.1, -0.05) is 55.8 Å². The number of hydrogen-bond acceptors (Lipinski definition) is 3. The van der Waals surface area contributed by atoms with Crippen molar-refractivity contribution in [1.82, 2.24) is 4.90 Å². The molecule has 1 aliphatic carbocycles. The fourth-order valence-electron chi connectivity index (χ4n) is 3.43. The minimum Gasteiger partial charge on any atom is -0.466 e. The topological polar surface area (TPSA) is 46.6 Å². The van der Waals surface area contributed by atoms with Crippen molar-refractivity contribution in [3.63, 3.8) is 0 Å². The molecule has 0 bridgehead atoms. The largest absolute Gasteiger partial charge is 0.466 e. The summed E-state index contributed by atoms with van der Waals surface area (Å²) in [6.07, 6.45) is 8.13. The van der Waals surface area contributed by atoms with E-state index in [-0.39, 0.29) is 24.3 Å². The third-order valence-electron chi connectivity index (χ3n) is 4.74. The molecule has 5 heteroatoms. The second-order valence-corrected chi connectivity index (χ2v) is 6.94. The number of amides is 1. The van der Waals surface area contributed by atoms with E-state index in [0.29, 0.717) is 23.7 Å². The standard InChI is InChI=1S/C20H28ClNO3/c1-2-25-19(23)14-15-22(16-10-6-4-3-5-7-11-16)20(24)17-12-8-9-13-18(17)21/h8-9,12-13,16H,2-7,10-11,14-15H2,1H3. The molecule has 1 aromatic carbocycles. The summed E-state index contributed by atoms with van der Waals surface area (Å²) in [6.45, 7) is 2.54. The molecule has 25 heavy (non-hydrogen) atoms. The fraction of sp³-hybridized carbons (Fsp3) is 0.600. The molecule has 0 aromatic heterocycles. The van der Waals surface area contributed by atoms with Gasteiger partial charge in [0.25, 0.3) is 5.91 Å². The van der Waals surface area contributed by atoms with Crippen LogP contribution in [0.4, 0.5) is 0 Å². The molecule has 0 heterocycles. The van der Waals surface area contributed by atoms with Crippen LogP contribution in [-0.4, -0.2) is 36.0 Å². The van der Waals surface area contributed by atoms with Crippen LogP contribution in [0.25, 0.3) is 0 Å². The van der Waals surface area contributed by atoms with Gasteiger partial charge in [-0.15, -0.1) is 0 Å². The number of ether oxygens (including phenoxy) is 1. The van der Waals surface area contributed by atoms with E-state index in [2.05, 4.69) is 0 Å². The highest BCUT2D eigenvalue weighted by Gasteiger charge is 2.26. The lowest BCUT2D eigenvalue weighted by molar-refractivity contribution is -0.143. The number of rotatable bonds is 6. The third-order valence-corrected chi connectivity index (χ3v) is 5.07. The van der Waals surface area contributed by atoms with Crippen LogP contribution in [-0.2, 0) is 9.53 Å². The van der Waals surface area contributed by atoms with Crippen molar-refractivity contribution >= 4 is 23.5 Å². The molecule has 138 valence electrons. The van der Waals surface area contributed by atoms with Gasteiger partial charge in [0.15, 0.2) is 0 Å². The minimum absolute atomic E-state index is 0.0829. The zero-order valence-electron chi connectivity index (χ0n) is 15.0. The highest BCUT2D eigenvalue weighted by atomic mass is 35.5. The third kappa shape index (κ3) is 6.03. The second kappa shape index (κ2) is 10.4. The zero-order chi connectivity index (χ0) is 18.1. The van der Waals surface area contributed by atoms with Crippen molar-refractivity contribution in [2.75, 3.05) is 13.2 Å². The number of carbonyl (C=O) groups is 2. The highest BCUT2D eigenvalue weighted by Crippen LogP contribution is 2.25.